The van der Waals surface area contributed by atoms with E-state index in [-0.39, 0.29) is 13.2 Å². The van der Waals surface area contributed by atoms with Crippen molar-refractivity contribution in [2.45, 2.75) is 0 Å². The van der Waals surface area contributed by atoms with Gasteiger partial charge in [-0.05, 0) is 0 Å². The van der Waals surface area contributed by atoms with Crippen LogP contribution >= 0.6 is 0 Å². The summed E-state index contributed by atoms with van der Waals surface area (Å²) < 4.78 is 69.5. The lowest BCUT2D eigenvalue weighted by Gasteiger charge is -2.08. The van der Waals surface area contributed by atoms with Gasteiger partial charge in [-0.25, -0.2) is 26.8 Å². The maximum absolute atomic E-state index is 9.08. The van der Waals surface area contributed by atoms with Crippen molar-refractivity contribution in [3.05, 3.63) is 49.1 Å². The van der Waals surface area contributed by atoms with E-state index < -0.39 is 20.2 Å². The quantitative estimate of drug-likeness (QED) is 0.201. The van der Waals surface area contributed by atoms with E-state index >= 15 is 0 Å². The van der Waals surface area contributed by atoms with Crippen LogP contribution < -0.4 is 19.8 Å². The summed E-state index contributed by atoms with van der Waals surface area (Å²) in [6, 6.07) is 8.11. The molecule has 2 aromatic rings. The Balaban J connectivity index is -0.000000461. The molecule has 0 fully saturated rings. The normalized spacial score (nSPS) is 10.2. The Hall–Kier alpha value is -2.48. The summed E-state index contributed by atoms with van der Waals surface area (Å²) in [5, 5.41) is 16.7. The van der Waals surface area contributed by atoms with Crippen LogP contribution in [0.15, 0.2) is 49.1 Å². The number of aromatic nitrogens is 2. The van der Waals surface area contributed by atoms with Crippen LogP contribution in [0.1, 0.15) is 0 Å². The Morgan fingerprint density at radius 2 is 0.829 bits per heavy atom. The Morgan fingerprint density at radius 3 is 1.00 bits per heavy atom. The first-order chi connectivity index (χ1) is 19.0. The zero-order valence-corrected chi connectivity index (χ0v) is 26.2. The zero-order valence-electron chi connectivity index (χ0n) is 24.6. The van der Waals surface area contributed by atoms with E-state index in [2.05, 4.69) is 19.8 Å². The number of aliphatic hydroxyl groups is 2. The lowest BCUT2D eigenvalue weighted by atomic mass is 10.4. The van der Waals surface area contributed by atoms with Crippen molar-refractivity contribution >= 4 is 31.6 Å². The van der Waals surface area contributed by atoms with Gasteiger partial charge < -0.3 is 43.3 Å². The number of aliphatic hydroxyl groups excluding tert-OH is 2. The van der Waals surface area contributed by atoms with Gasteiger partial charge in [0.15, 0.2) is 24.8 Å². The highest BCUT2D eigenvalue weighted by molar-refractivity contribution is 7.85. The number of pyridine rings is 2. The summed E-state index contributed by atoms with van der Waals surface area (Å²) in [7, 11) is 0.259. The first-order valence-electron chi connectivity index (χ1n) is 12.1. The Bertz CT molecular complexity index is 931. The van der Waals surface area contributed by atoms with Crippen LogP contribution in [0.4, 0.5) is 11.4 Å². The van der Waals surface area contributed by atoms with Crippen molar-refractivity contribution < 1.29 is 60.3 Å². The number of rotatable bonds is 12. The number of hydrogen-bond acceptors (Lipinski definition) is 13. The maximum atomic E-state index is 9.08. The van der Waals surface area contributed by atoms with E-state index in [4.69, 9.17) is 50.4 Å². The number of hydrogen-bond donors (Lipinski definition) is 2. The average Bonchev–Trinajstić information content (AvgIpc) is 2.88. The molecular formula is C24H46N4O11S2. The van der Waals surface area contributed by atoms with E-state index in [1.807, 2.05) is 77.2 Å². The van der Waals surface area contributed by atoms with Crippen LogP contribution in [0, 0.1) is 0 Å². The van der Waals surface area contributed by atoms with Gasteiger partial charge in [0, 0.05) is 76.3 Å². The maximum Gasteiger partial charge on any atom is 0.169 e. The van der Waals surface area contributed by atoms with Crippen molar-refractivity contribution in [2.24, 2.45) is 0 Å². The molecule has 0 saturated carbocycles. The second-order valence-electron chi connectivity index (χ2n) is 8.00. The molecule has 0 unspecified atom stereocenters. The summed E-state index contributed by atoms with van der Waals surface area (Å²) in [5.41, 5.74) is 2.43. The van der Waals surface area contributed by atoms with E-state index in [1.54, 1.807) is 0 Å². The predicted octanol–water partition coefficient (Wildman–Crippen LogP) is -1.52. The number of nitrogens with zero attached hydrogens (tertiary/aromatic N) is 2. The molecule has 240 valence electrons. The second kappa shape index (κ2) is 27.7. The van der Waals surface area contributed by atoms with Gasteiger partial charge in [0.2, 0.25) is 0 Å². The fraction of sp³-hybridized carbons (Fsp3) is 0.583. The summed E-state index contributed by atoms with van der Waals surface area (Å²) in [6.45, 7) is 2.76. The summed E-state index contributed by atoms with van der Waals surface area (Å²) in [5.74, 6) is 0. The highest BCUT2D eigenvalue weighted by Crippen LogP contribution is 2.05. The fourth-order valence-electron chi connectivity index (χ4n) is 2.02. The van der Waals surface area contributed by atoms with E-state index in [1.165, 1.54) is 11.4 Å². The molecule has 0 radical (unpaired) electrons. The van der Waals surface area contributed by atoms with Crippen LogP contribution in [0.25, 0.3) is 0 Å². The molecule has 2 rings (SSSR count). The van der Waals surface area contributed by atoms with Crippen molar-refractivity contribution in [2.75, 3.05) is 103 Å². The minimum Gasteiger partial charge on any atom is -0.748 e. The molecule has 2 heterocycles. The van der Waals surface area contributed by atoms with Crippen molar-refractivity contribution in [3.63, 3.8) is 0 Å². The molecule has 0 amide bonds. The largest absolute Gasteiger partial charge is 0.748 e. The SMILES string of the molecule is CN(C)c1cc[nH+]cc1.CN(C)c1cc[nH+]cc1.CS(=O)(=O)[O-].CS(=O)(=O)[O-].OCCOCCOCCOCCO. The first kappa shape index (κ1) is 43.0. The second-order valence-corrected chi connectivity index (χ2v) is 10.8. The molecule has 0 atom stereocenters. The highest BCUT2D eigenvalue weighted by atomic mass is 32.2. The minimum absolute atomic E-state index is 0.0413. The third-order valence-corrected chi connectivity index (χ3v) is 3.65. The molecule has 41 heavy (non-hydrogen) atoms. The topological polar surface area (TPSA) is 217 Å². The van der Waals surface area contributed by atoms with Gasteiger partial charge >= 0.3 is 0 Å². The zero-order chi connectivity index (χ0) is 32.2. The molecule has 0 aliphatic rings. The lowest BCUT2D eigenvalue weighted by Crippen LogP contribution is -2.11. The molecule has 17 heteroatoms. The molecule has 0 aliphatic carbocycles. The number of anilines is 2. The van der Waals surface area contributed by atoms with Crippen LogP contribution in [-0.4, -0.2) is 130 Å². The average molecular weight is 631 g/mol. The van der Waals surface area contributed by atoms with Gasteiger partial charge in [0.1, 0.15) is 0 Å². The fourth-order valence-corrected chi connectivity index (χ4v) is 2.02. The summed E-state index contributed by atoms with van der Waals surface area (Å²) in [6.07, 6.45) is 8.86. The van der Waals surface area contributed by atoms with Crippen molar-refractivity contribution in [1.82, 2.24) is 0 Å². The third-order valence-electron chi connectivity index (χ3n) is 3.65. The third kappa shape index (κ3) is 47.6. The molecule has 0 aromatic carbocycles. The highest BCUT2D eigenvalue weighted by Gasteiger charge is 1.92. The van der Waals surface area contributed by atoms with Gasteiger partial charge in [-0.15, -0.1) is 0 Å². The molecule has 0 bridgehead atoms. The number of ether oxygens (including phenoxy) is 3. The van der Waals surface area contributed by atoms with Gasteiger partial charge in [0.25, 0.3) is 0 Å². The van der Waals surface area contributed by atoms with Crippen molar-refractivity contribution in [3.8, 4) is 0 Å². The van der Waals surface area contributed by atoms with Crippen molar-refractivity contribution in [1.29, 1.82) is 0 Å². The summed E-state index contributed by atoms with van der Waals surface area (Å²) >= 11 is 0. The number of H-pyrrole nitrogens is 2. The molecule has 0 aliphatic heterocycles. The first-order valence-corrected chi connectivity index (χ1v) is 15.7. The minimum atomic E-state index is -3.92. The molecule has 0 saturated heterocycles. The molecule has 0 spiro atoms. The molecular weight excluding hydrogens is 584 g/mol. The van der Waals surface area contributed by atoms with Crippen LogP contribution in [0.5, 0.6) is 0 Å². The van der Waals surface area contributed by atoms with Gasteiger partial charge in [-0.2, -0.15) is 0 Å². The van der Waals surface area contributed by atoms with E-state index in [0.29, 0.717) is 52.2 Å². The van der Waals surface area contributed by atoms with Crippen LogP contribution in [-0.2, 0) is 34.4 Å². The van der Waals surface area contributed by atoms with Crippen LogP contribution in [0.3, 0.4) is 0 Å². The summed E-state index contributed by atoms with van der Waals surface area (Å²) in [4.78, 5) is 10.0. The molecule has 2 aromatic heterocycles. The van der Waals surface area contributed by atoms with E-state index in [0.717, 1.165) is 0 Å². The Kier molecular flexibility index (Phi) is 29.0. The molecule has 4 N–H and O–H groups in total. The predicted molar refractivity (Wildman–Crippen MR) is 153 cm³/mol. The van der Waals surface area contributed by atoms with Gasteiger partial charge in [-0.1, -0.05) is 0 Å². The number of aromatic amines is 2. The standard InChI is InChI=1S/C8H18O5.2C7H10N2.2CH4O3S/c9-1-3-11-5-7-13-8-6-12-4-2-10;2*1-9(2)7-3-5-8-6-4-7;2*1-5(2,3)4/h9-10H,1-8H2;2*3-6H,1-2H3;2*1H3,(H,2,3,4). The van der Waals surface area contributed by atoms with E-state index in [9.17, 15) is 0 Å². The Morgan fingerprint density at radius 1 is 0.610 bits per heavy atom. The Labute approximate surface area is 244 Å². The van der Waals surface area contributed by atoms with Gasteiger partial charge in [-0.3, -0.25) is 0 Å². The monoisotopic (exact) mass is 630 g/mol. The number of nitrogens with one attached hydrogen (secondary N) is 2. The molecule has 15 nitrogen and oxygen atoms in total. The smallest absolute Gasteiger partial charge is 0.169 e. The van der Waals surface area contributed by atoms with Gasteiger partial charge in [0.05, 0.1) is 73.1 Å². The lowest BCUT2D eigenvalue weighted by molar-refractivity contribution is -0.378. The van der Waals surface area contributed by atoms with Crippen LogP contribution in [0.2, 0.25) is 0 Å².